The first kappa shape index (κ1) is 12.0. The van der Waals surface area contributed by atoms with Crippen molar-refractivity contribution in [1.29, 1.82) is 0 Å². The molecule has 0 amide bonds. The molecule has 0 fully saturated rings. The van der Waals surface area contributed by atoms with E-state index in [1.54, 1.807) is 6.20 Å². The van der Waals surface area contributed by atoms with E-state index in [0.717, 1.165) is 15.8 Å². The van der Waals surface area contributed by atoms with Crippen molar-refractivity contribution in [3.8, 4) is 0 Å². The zero-order valence-electron chi connectivity index (χ0n) is 8.52. The van der Waals surface area contributed by atoms with Gasteiger partial charge in [-0.25, -0.2) is 0 Å². The van der Waals surface area contributed by atoms with E-state index in [2.05, 4.69) is 0 Å². The van der Waals surface area contributed by atoms with E-state index in [1.807, 2.05) is 37.3 Å². The van der Waals surface area contributed by atoms with E-state index in [9.17, 15) is 0 Å². The molecule has 16 heavy (non-hydrogen) atoms. The summed E-state index contributed by atoms with van der Waals surface area (Å²) in [6.07, 6.45) is 1.73. The molecule has 0 saturated carbocycles. The Bertz CT molecular complexity index is 396. The molecule has 3 nitrogen and oxygen atoms in total. The molecule has 1 aliphatic rings. The first-order valence-corrected chi connectivity index (χ1v) is 5.71. The van der Waals surface area contributed by atoms with Gasteiger partial charge in [0.1, 0.15) is 0 Å². The molecular weight excluding hydrogens is 268 g/mol. The number of hydrogen-bond acceptors (Lipinski definition) is 3. The van der Waals surface area contributed by atoms with Crippen LogP contribution in [0, 0.1) is 0 Å². The number of hydrogen-bond donors (Lipinski definition) is 0. The first-order chi connectivity index (χ1) is 7.61. The standard InChI is InChI=1S/C10H10Cl3N3/c1-8-7-14(11)16(13)15(12)10(8)9-5-3-2-4-6-9/h2-7,10H,1H3. The number of nitrogens with zero attached hydrogens (tertiary/aromatic N) is 3. The minimum Gasteiger partial charge on any atom is -0.192 e. The zero-order chi connectivity index (χ0) is 11.7. The smallest absolute Gasteiger partial charge is 0.0917 e. The molecule has 1 heterocycles. The van der Waals surface area contributed by atoms with Gasteiger partial charge in [0, 0.05) is 29.8 Å². The maximum atomic E-state index is 6.12. The van der Waals surface area contributed by atoms with Crippen LogP contribution in [0.3, 0.4) is 0 Å². The van der Waals surface area contributed by atoms with Crippen molar-refractivity contribution >= 4 is 35.3 Å². The summed E-state index contributed by atoms with van der Waals surface area (Å²) in [5, 5.41) is 0. The summed E-state index contributed by atoms with van der Waals surface area (Å²) in [6, 6.07) is 9.74. The summed E-state index contributed by atoms with van der Waals surface area (Å²) in [4.78, 5) is 0. The van der Waals surface area contributed by atoms with Crippen molar-refractivity contribution in [2.24, 2.45) is 0 Å². The molecule has 1 aliphatic heterocycles. The molecule has 0 radical (unpaired) electrons. The van der Waals surface area contributed by atoms with Gasteiger partial charge in [-0.2, -0.15) is 4.53 Å². The minimum atomic E-state index is -0.115. The van der Waals surface area contributed by atoms with Crippen LogP contribution in [0.4, 0.5) is 0 Å². The summed E-state index contributed by atoms with van der Waals surface area (Å²) in [5.41, 5.74) is 2.06. The van der Waals surface area contributed by atoms with Gasteiger partial charge in [0.05, 0.1) is 6.04 Å². The van der Waals surface area contributed by atoms with Crippen molar-refractivity contribution in [1.82, 2.24) is 13.7 Å². The highest BCUT2D eigenvalue weighted by atomic mass is 35.5. The maximum absolute atomic E-state index is 6.12. The molecule has 1 aromatic carbocycles. The van der Waals surface area contributed by atoms with Crippen LogP contribution in [0.2, 0.25) is 0 Å². The largest absolute Gasteiger partial charge is 0.192 e. The second-order valence-corrected chi connectivity index (χ2v) is 4.50. The third-order valence-corrected chi connectivity index (χ3v) is 3.44. The van der Waals surface area contributed by atoms with Crippen LogP contribution in [-0.2, 0) is 0 Å². The van der Waals surface area contributed by atoms with Gasteiger partial charge in [0.25, 0.3) is 0 Å². The van der Waals surface area contributed by atoms with E-state index in [1.165, 1.54) is 9.06 Å². The van der Waals surface area contributed by atoms with Crippen molar-refractivity contribution in [3.63, 3.8) is 0 Å². The molecule has 86 valence electrons. The van der Waals surface area contributed by atoms with Crippen molar-refractivity contribution in [3.05, 3.63) is 47.7 Å². The Morgan fingerprint density at radius 1 is 1.06 bits per heavy atom. The lowest BCUT2D eigenvalue weighted by atomic mass is 10.0. The monoisotopic (exact) mass is 277 g/mol. The number of hydrazine groups is 2. The molecule has 0 aliphatic carbocycles. The molecule has 6 heteroatoms. The second-order valence-electron chi connectivity index (χ2n) is 3.50. The number of rotatable bonds is 1. The lowest BCUT2D eigenvalue weighted by molar-refractivity contribution is 0.00785. The Morgan fingerprint density at radius 3 is 2.31 bits per heavy atom. The summed E-state index contributed by atoms with van der Waals surface area (Å²) in [5.74, 6) is 0. The Morgan fingerprint density at radius 2 is 1.69 bits per heavy atom. The third kappa shape index (κ3) is 2.14. The predicted octanol–water partition coefficient (Wildman–Crippen LogP) is 3.84. The molecule has 1 aromatic rings. The summed E-state index contributed by atoms with van der Waals surface area (Å²) < 4.78 is 3.66. The Balaban J connectivity index is 2.37. The Labute approximate surface area is 110 Å². The Kier molecular flexibility index (Phi) is 3.62. The highest BCUT2D eigenvalue weighted by Crippen LogP contribution is 2.37. The van der Waals surface area contributed by atoms with Gasteiger partial charge in [-0.05, 0) is 34.5 Å². The first-order valence-electron chi connectivity index (χ1n) is 4.70. The molecular formula is C10H10Cl3N3. The van der Waals surface area contributed by atoms with Crippen LogP contribution >= 0.6 is 35.3 Å². The van der Waals surface area contributed by atoms with E-state index in [4.69, 9.17) is 35.3 Å². The molecule has 2 rings (SSSR count). The van der Waals surface area contributed by atoms with E-state index >= 15 is 0 Å². The third-order valence-electron chi connectivity index (χ3n) is 2.39. The Hall–Kier alpha value is -0.450. The average molecular weight is 279 g/mol. The van der Waals surface area contributed by atoms with Crippen LogP contribution in [0.1, 0.15) is 18.5 Å². The van der Waals surface area contributed by atoms with Crippen molar-refractivity contribution in [2.45, 2.75) is 13.0 Å². The number of halogens is 3. The molecule has 0 aromatic heterocycles. The van der Waals surface area contributed by atoms with Crippen molar-refractivity contribution in [2.75, 3.05) is 0 Å². The fourth-order valence-electron chi connectivity index (χ4n) is 1.65. The van der Waals surface area contributed by atoms with Gasteiger partial charge in [0.2, 0.25) is 0 Å². The highest BCUT2D eigenvalue weighted by molar-refractivity contribution is 6.22. The molecule has 1 unspecified atom stereocenters. The van der Waals surface area contributed by atoms with E-state index < -0.39 is 0 Å². The normalized spacial score (nSPS) is 23.4. The van der Waals surface area contributed by atoms with E-state index in [-0.39, 0.29) is 6.04 Å². The molecule has 0 N–H and O–H groups in total. The SMILES string of the molecule is CC1=CN(Cl)N(Cl)N(Cl)C1c1ccccc1. The lowest BCUT2D eigenvalue weighted by Crippen LogP contribution is -2.41. The van der Waals surface area contributed by atoms with Gasteiger partial charge in [-0.15, -0.1) is 4.53 Å². The van der Waals surface area contributed by atoms with Crippen LogP contribution in [0.15, 0.2) is 42.1 Å². The summed E-state index contributed by atoms with van der Waals surface area (Å²) in [6.45, 7) is 1.95. The molecule has 0 spiro atoms. The van der Waals surface area contributed by atoms with Crippen LogP contribution in [-0.4, -0.2) is 13.7 Å². The van der Waals surface area contributed by atoms with Crippen LogP contribution in [0.25, 0.3) is 0 Å². The molecule has 0 saturated heterocycles. The van der Waals surface area contributed by atoms with Crippen molar-refractivity contribution < 1.29 is 0 Å². The van der Waals surface area contributed by atoms with E-state index in [0.29, 0.717) is 0 Å². The van der Waals surface area contributed by atoms with Gasteiger partial charge in [-0.3, -0.25) is 0 Å². The fourth-order valence-corrected chi connectivity index (χ4v) is 2.38. The zero-order valence-corrected chi connectivity index (χ0v) is 10.8. The van der Waals surface area contributed by atoms with Crippen LogP contribution in [0.5, 0.6) is 0 Å². The predicted molar refractivity (Wildman–Crippen MR) is 66.0 cm³/mol. The number of benzene rings is 1. The maximum Gasteiger partial charge on any atom is 0.0917 e. The highest BCUT2D eigenvalue weighted by Gasteiger charge is 2.32. The summed E-state index contributed by atoms with van der Waals surface area (Å²) >= 11 is 17.9. The molecule has 0 bridgehead atoms. The topological polar surface area (TPSA) is 9.72 Å². The lowest BCUT2D eigenvalue weighted by Gasteiger charge is -2.38. The van der Waals surface area contributed by atoms with Gasteiger partial charge in [0.15, 0.2) is 0 Å². The van der Waals surface area contributed by atoms with Gasteiger partial charge >= 0.3 is 0 Å². The molecule has 1 atom stereocenters. The van der Waals surface area contributed by atoms with Gasteiger partial charge < -0.3 is 0 Å². The quantitative estimate of drug-likeness (QED) is 0.723. The fraction of sp³-hybridized carbons (Fsp3) is 0.200. The van der Waals surface area contributed by atoms with Crippen LogP contribution < -0.4 is 0 Å². The van der Waals surface area contributed by atoms with Gasteiger partial charge in [-0.1, -0.05) is 30.3 Å². The second kappa shape index (κ2) is 4.82. The summed E-state index contributed by atoms with van der Waals surface area (Å²) in [7, 11) is 0. The average Bonchev–Trinajstić information content (AvgIpc) is 2.28. The minimum absolute atomic E-state index is 0.115.